The Morgan fingerprint density at radius 3 is 1.65 bits per heavy atom. The molecule has 416 valence electrons. The molecule has 8 atom stereocenters. The lowest BCUT2D eigenvalue weighted by Crippen LogP contribution is -2.52. The maximum Gasteiger partial charge on any atom is 0.330 e. The minimum atomic E-state index is -3.31. The molecule has 0 spiro atoms. The van der Waals surface area contributed by atoms with Gasteiger partial charge in [0.25, 0.3) is 11.1 Å². The van der Waals surface area contributed by atoms with E-state index in [1.54, 1.807) is 21.3 Å². The van der Waals surface area contributed by atoms with Gasteiger partial charge in [-0.1, -0.05) is 82.3 Å². The van der Waals surface area contributed by atoms with Crippen molar-refractivity contribution in [3.05, 3.63) is 162 Å². The first kappa shape index (κ1) is 58.7. The molecule has 2 saturated heterocycles. The highest BCUT2D eigenvalue weighted by Crippen LogP contribution is 2.61. The third-order valence-corrected chi connectivity index (χ3v) is 19.2. The maximum absolute atomic E-state index is 15.6. The number of benzene rings is 3. The molecule has 0 bridgehead atoms. The first-order chi connectivity index (χ1) is 36.9. The van der Waals surface area contributed by atoms with Crippen LogP contribution in [0.5, 0.6) is 11.5 Å². The highest BCUT2D eigenvalue weighted by molar-refractivity contribution is 7.62. The van der Waals surface area contributed by atoms with Gasteiger partial charge >= 0.3 is 11.4 Å². The van der Waals surface area contributed by atoms with Gasteiger partial charge in [0, 0.05) is 88.6 Å². The largest absolute Gasteiger partial charge is 0.497 e. The first-order valence-corrected chi connectivity index (χ1v) is 27.8. The molecule has 2 N–H and O–H groups in total. The van der Waals surface area contributed by atoms with Crippen molar-refractivity contribution in [2.75, 3.05) is 81.9 Å². The van der Waals surface area contributed by atoms with Crippen LogP contribution >= 0.6 is 7.29 Å². The summed E-state index contributed by atoms with van der Waals surface area (Å²) in [5, 5.41) is 10.0. The van der Waals surface area contributed by atoms with Crippen molar-refractivity contribution in [1.29, 1.82) is 5.26 Å². The predicted octanol–water partition coefficient (Wildman–Crippen LogP) is 5.49. The van der Waals surface area contributed by atoms with Crippen LogP contribution in [0, 0.1) is 17.2 Å². The fourth-order valence-corrected chi connectivity index (χ4v) is 14.6. The van der Waals surface area contributed by atoms with E-state index in [1.165, 1.54) is 40.8 Å². The van der Waals surface area contributed by atoms with Crippen LogP contribution in [-0.4, -0.2) is 157 Å². The summed E-state index contributed by atoms with van der Waals surface area (Å²) in [6, 6.07) is 29.4. The second kappa shape index (κ2) is 26.1. The minimum Gasteiger partial charge on any atom is -0.497 e. The Kier molecular flexibility index (Phi) is 19.9. The number of aromatic amines is 2. The first-order valence-electron chi connectivity index (χ1n) is 26.0. The second-order valence-electron chi connectivity index (χ2n) is 20.4. The predicted molar refractivity (Wildman–Crippen MR) is 292 cm³/mol. The van der Waals surface area contributed by atoms with Gasteiger partial charge in [-0.3, -0.25) is 33.6 Å². The maximum atomic E-state index is 15.6. The van der Waals surface area contributed by atoms with Crippen molar-refractivity contribution < 1.29 is 37.7 Å². The Bertz CT molecular complexity index is 2970. The normalized spacial score (nSPS) is 21.9. The summed E-state index contributed by atoms with van der Waals surface area (Å²) >= 11 is 0. The van der Waals surface area contributed by atoms with Crippen LogP contribution in [0.3, 0.4) is 0 Å². The topological polar surface area (TPSA) is 225 Å². The third-order valence-electron chi connectivity index (χ3n) is 15.0. The number of rotatable bonds is 26. The Morgan fingerprint density at radius 2 is 1.18 bits per heavy atom. The van der Waals surface area contributed by atoms with E-state index < -0.39 is 84.2 Å². The Balaban J connectivity index is 1.31. The van der Waals surface area contributed by atoms with Crippen LogP contribution in [0.15, 0.2) is 123 Å². The molecular formula is C56H75N8O12P. The summed E-state index contributed by atoms with van der Waals surface area (Å²) in [5.41, 5.74) is -1.89. The van der Waals surface area contributed by atoms with Gasteiger partial charge in [-0.15, -0.1) is 0 Å². The Morgan fingerprint density at radius 1 is 0.675 bits per heavy atom. The average molecular weight is 1080 g/mol. The van der Waals surface area contributed by atoms with Crippen LogP contribution in [-0.2, 0) is 33.9 Å². The molecule has 0 saturated carbocycles. The molecule has 77 heavy (non-hydrogen) atoms. The molecule has 2 aromatic heterocycles. The highest BCUT2D eigenvalue weighted by Gasteiger charge is 2.55. The summed E-state index contributed by atoms with van der Waals surface area (Å²) in [6.45, 7) is 9.66. The summed E-state index contributed by atoms with van der Waals surface area (Å²) in [7, 11) is 6.97. The van der Waals surface area contributed by atoms with E-state index >= 15 is 4.57 Å². The zero-order chi connectivity index (χ0) is 55.6. The van der Waals surface area contributed by atoms with Crippen molar-refractivity contribution in [3.63, 3.8) is 0 Å². The quantitative estimate of drug-likeness (QED) is 0.0516. The average Bonchev–Trinajstić information content (AvgIpc) is 4.06. The summed E-state index contributed by atoms with van der Waals surface area (Å²) < 4.78 is 65.3. The lowest BCUT2D eigenvalue weighted by Gasteiger charge is -2.44. The standard InChI is InChI=1S/C56H75N8O12P/c1-37(2)77(69,38(3)4)64(29-14-28-57)49-45(75-53(51(49)73-10)63-32-27-48(66)59-55(63)68)35-61(34-33-60(5)6)30-25-44-46(76-52(50(44)72-9)62-31-26-47(65)58-54(62)67)36-74-56(39-15-12-11-13-16-39,40-17-21-42(70-7)22-18-40)41-19-23-43(71-8)24-20-41/h11-13,15-24,26-27,31-32,37-38,44-46,49-53H,14,25,29-30,33-36H2,1-10H3,(H,58,65,67)(H,59,66,68)/t44-,45-,46-,49-,50-,51-,52-,53-/m1/s1. The van der Waals surface area contributed by atoms with Gasteiger partial charge in [-0.2, -0.15) is 5.26 Å². The van der Waals surface area contributed by atoms with Crippen molar-refractivity contribution in [2.24, 2.45) is 5.92 Å². The number of H-pyrrole nitrogens is 2. The van der Waals surface area contributed by atoms with Crippen molar-refractivity contribution in [2.45, 2.75) is 100 Å². The minimum absolute atomic E-state index is 0.00372. The number of methoxy groups -OCH3 is 4. The SMILES string of the molecule is COc1ccc(C(OC[C@H]2O[C@@H](n3ccc(=O)[nH]c3=O)[C@H](OC)[C@@H]2CCN(CCN(C)C)C[C@H]2O[C@@H](n3ccc(=O)[nH]c3=O)[C@H](OC)[C@@H]2N(CCC#N)P(=O)(C(C)C)C(C)C)(c2ccccc2)c2ccc(OC)cc2)cc1. The van der Waals surface area contributed by atoms with E-state index in [4.69, 9.17) is 33.2 Å². The van der Waals surface area contributed by atoms with Gasteiger partial charge in [0.1, 0.15) is 29.3 Å². The van der Waals surface area contributed by atoms with E-state index in [-0.39, 0.29) is 37.4 Å². The molecule has 21 heteroatoms. The molecule has 2 aliphatic rings. The number of likely N-dealkylation sites (N-methyl/N-ethyl adjacent to an activating group) is 1. The molecule has 0 amide bonds. The number of hydrogen-bond acceptors (Lipinski definition) is 15. The molecule has 5 aromatic rings. The van der Waals surface area contributed by atoms with Crippen molar-refractivity contribution >= 4 is 7.29 Å². The molecule has 4 heterocycles. The molecule has 20 nitrogen and oxygen atoms in total. The van der Waals surface area contributed by atoms with Crippen LogP contribution < -0.4 is 32.0 Å². The number of ether oxygens (including phenoxy) is 7. The van der Waals surface area contributed by atoms with Gasteiger partial charge in [0.05, 0.1) is 45.1 Å². The van der Waals surface area contributed by atoms with E-state index in [2.05, 4.69) is 25.8 Å². The number of nitriles is 1. The van der Waals surface area contributed by atoms with E-state index in [9.17, 15) is 24.4 Å². The summed E-state index contributed by atoms with van der Waals surface area (Å²) in [5.74, 6) is 0.883. The summed E-state index contributed by atoms with van der Waals surface area (Å²) in [6.07, 6.45) is -1.82. The van der Waals surface area contributed by atoms with E-state index in [0.29, 0.717) is 37.6 Å². The molecular weight excluding hydrogens is 1010 g/mol. The van der Waals surface area contributed by atoms with Crippen LogP contribution in [0.1, 0.15) is 69.7 Å². The summed E-state index contributed by atoms with van der Waals surface area (Å²) in [4.78, 5) is 60.9. The fraction of sp³-hybridized carbons (Fsp3) is 0.518. The lowest BCUT2D eigenvalue weighted by molar-refractivity contribution is -0.0932. The van der Waals surface area contributed by atoms with E-state index in [1.807, 2.05) is 125 Å². The van der Waals surface area contributed by atoms with Gasteiger partial charge in [0.15, 0.2) is 19.7 Å². The van der Waals surface area contributed by atoms with Crippen LogP contribution in [0.2, 0.25) is 0 Å². The second-order valence-corrected chi connectivity index (χ2v) is 24.3. The molecule has 0 radical (unpaired) electrons. The zero-order valence-electron chi connectivity index (χ0n) is 45.8. The molecule has 3 aromatic carbocycles. The molecule has 2 fully saturated rings. The number of hydrogen-bond donors (Lipinski definition) is 2. The van der Waals surface area contributed by atoms with E-state index in [0.717, 1.165) is 16.7 Å². The monoisotopic (exact) mass is 1080 g/mol. The van der Waals surface area contributed by atoms with Gasteiger partial charge in [-0.25, -0.2) is 14.3 Å². The third kappa shape index (κ3) is 12.7. The van der Waals surface area contributed by atoms with Gasteiger partial charge in [0.2, 0.25) is 0 Å². The Labute approximate surface area is 449 Å². The number of nitrogens with zero attached hydrogens (tertiary/aromatic N) is 6. The molecule has 0 aliphatic carbocycles. The molecule has 2 aliphatic heterocycles. The van der Waals surface area contributed by atoms with Gasteiger partial charge in [-0.05, 0) is 68.0 Å². The van der Waals surface area contributed by atoms with Crippen LogP contribution in [0.25, 0.3) is 0 Å². The van der Waals surface area contributed by atoms with Gasteiger partial charge < -0.3 is 42.6 Å². The molecule has 7 rings (SSSR count). The lowest BCUT2D eigenvalue weighted by atomic mass is 9.79. The molecule has 0 unspecified atom stereocenters. The number of aromatic nitrogens is 4. The fourth-order valence-electron chi connectivity index (χ4n) is 11.1. The van der Waals surface area contributed by atoms with Crippen molar-refractivity contribution in [3.8, 4) is 17.6 Å². The van der Waals surface area contributed by atoms with Crippen molar-refractivity contribution in [1.82, 2.24) is 33.6 Å². The highest BCUT2D eigenvalue weighted by atomic mass is 31.2. The zero-order valence-corrected chi connectivity index (χ0v) is 46.7. The Hall–Kier alpha value is -5.98. The number of nitrogens with one attached hydrogen (secondary N) is 2. The smallest absolute Gasteiger partial charge is 0.330 e. The van der Waals surface area contributed by atoms with Crippen LogP contribution in [0.4, 0.5) is 0 Å².